The second-order valence-corrected chi connectivity index (χ2v) is 6.85. The van der Waals surface area contributed by atoms with E-state index in [1.165, 1.54) is 18.4 Å². The molecule has 1 aliphatic carbocycles. The van der Waals surface area contributed by atoms with Crippen molar-refractivity contribution in [3.05, 3.63) is 29.8 Å². The number of nitrogens with zero attached hydrogens (tertiary/aromatic N) is 1. The number of benzene rings is 1. The second kappa shape index (κ2) is 7.66. The molecule has 0 N–H and O–H groups in total. The van der Waals surface area contributed by atoms with Crippen molar-refractivity contribution in [1.29, 1.82) is 0 Å². The predicted molar refractivity (Wildman–Crippen MR) is 90.3 cm³/mol. The SMILES string of the molecule is CC(C)c1ccc(OCC(=O)N(C(C)C)C2CCCC2)cc1. The molecule has 1 aromatic rings. The third kappa shape index (κ3) is 4.25. The molecule has 0 saturated heterocycles. The molecule has 1 aliphatic rings. The summed E-state index contributed by atoms with van der Waals surface area (Å²) < 4.78 is 5.70. The molecule has 0 unspecified atom stereocenters. The molecule has 22 heavy (non-hydrogen) atoms. The first-order valence-corrected chi connectivity index (χ1v) is 8.53. The molecule has 0 aliphatic heterocycles. The molecule has 0 radical (unpaired) electrons. The highest BCUT2D eigenvalue weighted by Gasteiger charge is 2.28. The van der Waals surface area contributed by atoms with Gasteiger partial charge in [0.2, 0.25) is 0 Å². The van der Waals surface area contributed by atoms with Gasteiger partial charge in [-0.15, -0.1) is 0 Å². The lowest BCUT2D eigenvalue weighted by molar-refractivity contribution is -0.137. The van der Waals surface area contributed by atoms with Gasteiger partial charge in [-0.05, 0) is 50.3 Å². The van der Waals surface area contributed by atoms with E-state index in [4.69, 9.17) is 4.74 Å². The highest BCUT2D eigenvalue weighted by molar-refractivity contribution is 5.78. The van der Waals surface area contributed by atoms with E-state index in [9.17, 15) is 4.79 Å². The van der Waals surface area contributed by atoms with Crippen LogP contribution in [-0.4, -0.2) is 29.5 Å². The summed E-state index contributed by atoms with van der Waals surface area (Å²) in [5, 5.41) is 0. The van der Waals surface area contributed by atoms with Crippen molar-refractivity contribution in [1.82, 2.24) is 4.90 Å². The van der Waals surface area contributed by atoms with Crippen molar-refractivity contribution in [2.24, 2.45) is 0 Å². The Labute approximate surface area is 134 Å². The minimum absolute atomic E-state index is 0.106. The summed E-state index contributed by atoms with van der Waals surface area (Å²) in [5.74, 6) is 1.39. The number of hydrogen-bond donors (Lipinski definition) is 0. The standard InChI is InChI=1S/C19H29NO2/c1-14(2)16-9-11-18(12-10-16)22-13-19(21)20(15(3)4)17-7-5-6-8-17/h9-12,14-15,17H,5-8,13H2,1-4H3. The summed E-state index contributed by atoms with van der Waals surface area (Å²) in [6.07, 6.45) is 4.73. The zero-order chi connectivity index (χ0) is 16.1. The highest BCUT2D eigenvalue weighted by atomic mass is 16.5. The van der Waals surface area contributed by atoms with Crippen molar-refractivity contribution in [3.63, 3.8) is 0 Å². The normalized spacial score (nSPS) is 15.5. The summed E-state index contributed by atoms with van der Waals surface area (Å²) >= 11 is 0. The molecule has 0 heterocycles. The van der Waals surface area contributed by atoms with Gasteiger partial charge in [-0.2, -0.15) is 0 Å². The van der Waals surface area contributed by atoms with Gasteiger partial charge in [-0.3, -0.25) is 4.79 Å². The number of rotatable bonds is 6. The van der Waals surface area contributed by atoms with Crippen LogP contribution in [0.5, 0.6) is 5.75 Å². The summed E-state index contributed by atoms with van der Waals surface area (Å²) in [6.45, 7) is 8.65. The first-order valence-electron chi connectivity index (χ1n) is 8.53. The van der Waals surface area contributed by atoms with Gasteiger partial charge in [-0.25, -0.2) is 0 Å². The van der Waals surface area contributed by atoms with Gasteiger partial charge in [-0.1, -0.05) is 38.8 Å². The largest absolute Gasteiger partial charge is 0.484 e. The molecule has 0 atom stereocenters. The Hall–Kier alpha value is -1.51. The number of ether oxygens (including phenoxy) is 1. The molecular weight excluding hydrogens is 274 g/mol. The van der Waals surface area contributed by atoms with Crippen molar-refractivity contribution in [2.45, 2.75) is 71.4 Å². The topological polar surface area (TPSA) is 29.5 Å². The van der Waals surface area contributed by atoms with E-state index >= 15 is 0 Å². The van der Waals surface area contributed by atoms with E-state index in [1.807, 2.05) is 17.0 Å². The van der Waals surface area contributed by atoms with Crippen LogP contribution in [0.25, 0.3) is 0 Å². The number of carbonyl (C=O) groups is 1. The Kier molecular flexibility index (Phi) is 5.87. The van der Waals surface area contributed by atoms with E-state index in [2.05, 4.69) is 39.8 Å². The van der Waals surface area contributed by atoms with Crippen LogP contribution in [0, 0.1) is 0 Å². The van der Waals surface area contributed by atoms with Gasteiger partial charge in [0.05, 0.1) is 0 Å². The number of amides is 1. The van der Waals surface area contributed by atoms with E-state index < -0.39 is 0 Å². The highest BCUT2D eigenvalue weighted by Crippen LogP contribution is 2.25. The zero-order valence-corrected chi connectivity index (χ0v) is 14.3. The monoisotopic (exact) mass is 303 g/mol. The van der Waals surface area contributed by atoms with Crippen LogP contribution in [0.4, 0.5) is 0 Å². The lowest BCUT2D eigenvalue weighted by atomic mass is 10.0. The molecule has 1 saturated carbocycles. The van der Waals surface area contributed by atoms with Crippen LogP contribution >= 0.6 is 0 Å². The maximum atomic E-state index is 12.5. The average molecular weight is 303 g/mol. The van der Waals surface area contributed by atoms with E-state index in [0.717, 1.165) is 18.6 Å². The molecule has 3 heteroatoms. The number of hydrogen-bond acceptors (Lipinski definition) is 2. The van der Waals surface area contributed by atoms with Gasteiger partial charge in [0.15, 0.2) is 6.61 Å². The fourth-order valence-electron chi connectivity index (χ4n) is 3.26. The van der Waals surface area contributed by atoms with Crippen LogP contribution in [-0.2, 0) is 4.79 Å². The summed E-state index contributed by atoms with van der Waals surface area (Å²) in [5.41, 5.74) is 1.29. The molecule has 1 aromatic carbocycles. The first-order chi connectivity index (χ1) is 10.5. The molecule has 1 fully saturated rings. The second-order valence-electron chi connectivity index (χ2n) is 6.85. The van der Waals surface area contributed by atoms with Gasteiger partial charge in [0.1, 0.15) is 5.75 Å². The lowest BCUT2D eigenvalue weighted by Crippen LogP contribution is -2.45. The van der Waals surface area contributed by atoms with E-state index in [0.29, 0.717) is 12.0 Å². The third-order valence-corrected chi connectivity index (χ3v) is 4.47. The molecule has 0 bridgehead atoms. The summed E-state index contributed by atoms with van der Waals surface area (Å²) in [7, 11) is 0. The zero-order valence-electron chi connectivity index (χ0n) is 14.3. The first kappa shape index (κ1) is 16.9. The Bertz CT molecular complexity index is 473. The minimum atomic E-state index is 0.106. The Morgan fingerprint density at radius 2 is 1.73 bits per heavy atom. The maximum Gasteiger partial charge on any atom is 0.260 e. The summed E-state index contributed by atoms with van der Waals surface area (Å²) in [6, 6.07) is 8.70. The molecule has 1 amide bonds. The fraction of sp³-hybridized carbons (Fsp3) is 0.632. The van der Waals surface area contributed by atoms with Crippen molar-refractivity contribution in [2.75, 3.05) is 6.61 Å². The Morgan fingerprint density at radius 1 is 1.14 bits per heavy atom. The average Bonchev–Trinajstić information content (AvgIpc) is 2.99. The minimum Gasteiger partial charge on any atom is -0.484 e. The van der Waals surface area contributed by atoms with Crippen LogP contribution in [0.1, 0.15) is 64.9 Å². The predicted octanol–water partition coefficient (Wildman–Crippen LogP) is 4.37. The molecule has 3 nitrogen and oxygen atoms in total. The van der Waals surface area contributed by atoms with Crippen LogP contribution < -0.4 is 4.74 Å². The molecule has 0 spiro atoms. The molecule has 2 rings (SSSR count). The van der Waals surface area contributed by atoms with Gasteiger partial charge >= 0.3 is 0 Å². The van der Waals surface area contributed by atoms with Crippen molar-refractivity contribution in [3.8, 4) is 5.75 Å². The molecule has 0 aromatic heterocycles. The maximum absolute atomic E-state index is 12.5. The third-order valence-electron chi connectivity index (χ3n) is 4.47. The van der Waals surface area contributed by atoms with Crippen molar-refractivity contribution >= 4 is 5.91 Å². The van der Waals surface area contributed by atoms with Crippen LogP contribution in [0.3, 0.4) is 0 Å². The fourth-order valence-corrected chi connectivity index (χ4v) is 3.26. The smallest absolute Gasteiger partial charge is 0.260 e. The molecular formula is C19H29NO2. The van der Waals surface area contributed by atoms with Gasteiger partial charge in [0, 0.05) is 12.1 Å². The van der Waals surface area contributed by atoms with E-state index in [-0.39, 0.29) is 18.6 Å². The van der Waals surface area contributed by atoms with Gasteiger partial charge in [0.25, 0.3) is 5.91 Å². The van der Waals surface area contributed by atoms with Crippen molar-refractivity contribution < 1.29 is 9.53 Å². The van der Waals surface area contributed by atoms with Crippen LogP contribution in [0.15, 0.2) is 24.3 Å². The quantitative estimate of drug-likeness (QED) is 0.781. The number of carbonyl (C=O) groups excluding carboxylic acids is 1. The Balaban J connectivity index is 1.92. The van der Waals surface area contributed by atoms with Crippen LogP contribution in [0.2, 0.25) is 0 Å². The van der Waals surface area contributed by atoms with E-state index in [1.54, 1.807) is 0 Å². The summed E-state index contributed by atoms with van der Waals surface area (Å²) in [4.78, 5) is 14.5. The Morgan fingerprint density at radius 3 is 2.23 bits per heavy atom. The molecule has 122 valence electrons. The lowest BCUT2D eigenvalue weighted by Gasteiger charge is -2.32. The van der Waals surface area contributed by atoms with Gasteiger partial charge < -0.3 is 9.64 Å².